The largest absolute Gasteiger partial charge is 0.356 e. The van der Waals surface area contributed by atoms with Crippen LogP contribution < -0.4 is 16.2 Å². The monoisotopic (exact) mass is 532 g/mol. The van der Waals surface area contributed by atoms with Crippen molar-refractivity contribution in [1.82, 2.24) is 15.2 Å². The third-order valence-electron chi connectivity index (χ3n) is 4.30. The molecule has 2 aromatic rings. The van der Waals surface area contributed by atoms with Crippen LogP contribution in [0.1, 0.15) is 18.4 Å². The molecule has 0 atom stereocenters. The van der Waals surface area contributed by atoms with Gasteiger partial charge in [-0.15, -0.1) is 24.0 Å². The molecule has 0 aliphatic rings. The van der Waals surface area contributed by atoms with Crippen LogP contribution >= 0.6 is 24.0 Å². The molecule has 1 aromatic heterocycles. The van der Waals surface area contributed by atoms with E-state index >= 15 is 0 Å². The summed E-state index contributed by atoms with van der Waals surface area (Å²) in [5.74, 6) is 0.727. The zero-order valence-corrected chi connectivity index (χ0v) is 19.9. The lowest BCUT2D eigenvalue weighted by Gasteiger charge is -2.12. The van der Waals surface area contributed by atoms with Crippen LogP contribution in [0, 0.1) is 0 Å². The third-order valence-corrected chi connectivity index (χ3v) is 5.43. The van der Waals surface area contributed by atoms with E-state index in [2.05, 4.69) is 15.6 Å². The molecule has 0 bridgehead atoms. The van der Waals surface area contributed by atoms with E-state index in [1.807, 2.05) is 18.2 Å². The van der Waals surface area contributed by atoms with E-state index in [0.717, 1.165) is 37.3 Å². The molecule has 2 N–H and O–H groups in total. The molecule has 0 unspecified atom stereocenters. The number of sulfone groups is 1. The molecular formula is C20H29IN4O3S. The standard InChI is InChI=1S/C20H28N4O3S.HI/c1-21-20(22-13-4-6-16-24-15-5-3-7-19(24)25)23-14-12-17-8-10-18(11-9-17)28(2,26)27;/h3,5,7-11,15H,4,6,12-14,16H2,1-2H3,(H2,21,22,23);1H. The minimum absolute atomic E-state index is 0. The van der Waals surface area contributed by atoms with Crippen molar-refractivity contribution in [2.45, 2.75) is 30.7 Å². The molecule has 0 radical (unpaired) electrons. The van der Waals surface area contributed by atoms with Gasteiger partial charge in [0.2, 0.25) is 5.56 Å². The molecule has 160 valence electrons. The topological polar surface area (TPSA) is 92.6 Å². The number of rotatable bonds is 9. The summed E-state index contributed by atoms with van der Waals surface area (Å²) < 4.78 is 24.7. The Morgan fingerprint density at radius 1 is 1.03 bits per heavy atom. The average molecular weight is 532 g/mol. The summed E-state index contributed by atoms with van der Waals surface area (Å²) in [4.78, 5) is 16.2. The number of aryl methyl sites for hydroxylation is 1. The lowest BCUT2D eigenvalue weighted by atomic mass is 10.1. The fourth-order valence-corrected chi connectivity index (χ4v) is 3.34. The number of nitrogens with zero attached hydrogens (tertiary/aromatic N) is 2. The van der Waals surface area contributed by atoms with Gasteiger partial charge in [-0.2, -0.15) is 0 Å². The molecule has 0 aliphatic carbocycles. The molecule has 0 saturated carbocycles. The molecule has 2 rings (SSSR count). The number of benzene rings is 1. The van der Waals surface area contributed by atoms with Gasteiger partial charge in [-0.1, -0.05) is 18.2 Å². The predicted molar refractivity (Wildman–Crippen MR) is 128 cm³/mol. The second-order valence-corrected chi connectivity index (χ2v) is 8.55. The van der Waals surface area contributed by atoms with Gasteiger partial charge in [0.15, 0.2) is 15.8 Å². The van der Waals surface area contributed by atoms with Crippen molar-refractivity contribution in [1.29, 1.82) is 0 Å². The Kier molecular flexibility index (Phi) is 11.0. The number of hydrogen-bond donors (Lipinski definition) is 2. The summed E-state index contributed by atoms with van der Waals surface area (Å²) in [7, 11) is -1.43. The van der Waals surface area contributed by atoms with Crippen molar-refractivity contribution in [2.75, 3.05) is 26.4 Å². The highest BCUT2D eigenvalue weighted by atomic mass is 127. The van der Waals surface area contributed by atoms with Crippen LogP contribution in [-0.4, -0.2) is 45.3 Å². The number of aromatic nitrogens is 1. The number of guanidine groups is 1. The van der Waals surface area contributed by atoms with E-state index in [9.17, 15) is 13.2 Å². The number of nitrogens with one attached hydrogen (secondary N) is 2. The van der Waals surface area contributed by atoms with Crippen LogP contribution in [0.15, 0.2) is 63.3 Å². The molecule has 9 heteroatoms. The Balaban J connectivity index is 0.00000420. The molecule has 0 aliphatic heterocycles. The zero-order chi connectivity index (χ0) is 20.4. The maximum absolute atomic E-state index is 11.6. The minimum atomic E-state index is -3.16. The van der Waals surface area contributed by atoms with Crippen LogP contribution in [0.25, 0.3) is 0 Å². The van der Waals surface area contributed by atoms with Crippen LogP contribution in [-0.2, 0) is 22.8 Å². The Morgan fingerprint density at radius 2 is 1.72 bits per heavy atom. The quantitative estimate of drug-likeness (QED) is 0.223. The van der Waals surface area contributed by atoms with Gasteiger partial charge in [0.05, 0.1) is 4.90 Å². The van der Waals surface area contributed by atoms with E-state index < -0.39 is 9.84 Å². The van der Waals surface area contributed by atoms with Gasteiger partial charge in [-0.3, -0.25) is 9.79 Å². The summed E-state index contributed by atoms with van der Waals surface area (Å²) in [6.07, 6.45) is 5.60. The van der Waals surface area contributed by atoms with E-state index in [4.69, 9.17) is 0 Å². The molecule has 7 nitrogen and oxygen atoms in total. The number of hydrogen-bond acceptors (Lipinski definition) is 4. The molecule has 1 heterocycles. The lowest BCUT2D eigenvalue weighted by Crippen LogP contribution is -2.38. The maximum Gasteiger partial charge on any atom is 0.250 e. The third kappa shape index (κ3) is 8.99. The number of aliphatic imine (C=N–C) groups is 1. The van der Waals surface area contributed by atoms with Gasteiger partial charge >= 0.3 is 0 Å². The Hall–Kier alpha value is -1.88. The van der Waals surface area contributed by atoms with E-state index in [0.29, 0.717) is 18.0 Å². The molecular weight excluding hydrogens is 503 g/mol. The van der Waals surface area contributed by atoms with Crippen LogP contribution in [0.5, 0.6) is 0 Å². The van der Waals surface area contributed by atoms with Gasteiger partial charge in [-0.25, -0.2) is 8.42 Å². The van der Waals surface area contributed by atoms with E-state index in [-0.39, 0.29) is 29.5 Å². The highest BCUT2D eigenvalue weighted by Gasteiger charge is 2.06. The second kappa shape index (κ2) is 12.6. The number of halogens is 1. The van der Waals surface area contributed by atoms with Crippen LogP contribution in [0.3, 0.4) is 0 Å². The molecule has 0 saturated heterocycles. The van der Waals surface area contributed by atoms with Gasteiger partial charge in [0.1, 0.15) is 0 Å². The normalized spacial score (nSPS) is 11.6. The predicted octanol–water partition coefficient (Wildman–Crippen LogP) is 2.06. The first-order valence-electron chi connectivity index (χ1n) is 9.29. The van der Waals surface area contributed by atoms with Gasteiger partial charge in [0, 0.05) is 45.2 Å². The fourth-order valence-electron chi connectivity index (χ4n) is 2.71. The van der Waals surface area contributed by atoms with E-state index in [1.54, 1.807) is 42.1 Å². The molecule has 0 fully saturated rings. The summed E-state index contributed by atoms with van der Waals surface area (Å²) in [6, 6.07) is 12.1. The van der Waals surface area contributed by atoms with Crippen molar-refractivity contribution in [2.24, 2.45) is 4.99 Å². The maximum atomic E-state index is 11.6. The van der Waals surface area contributed by atoms with Gasteiger partial charge in [-0.05, 0) is 43.0 Å². The highest BCUT2D eigenvalue weighted by molar-refractivity contribution is 14.0. The fraction of sp³-hybridized carbons (Fsp3) is 0.400. The first-order chi connectivity index (χ1) is 13.4. The summed E-state index contributed by atoms with van der Waals surface area (Å²) in [5, 5.41) is 6.50. The van der Waals surface area contributed by atoms with Crippen molar-refractivity contribution >= 4 is 39.8 Å². The Morgan fingerprint density at radius 3 is 2.34 bits per heavy atom. The first-order valence-corrected chi connectivity index (χ1v) is 11.2. The van der Waals surface area contributed by atoms with Gasteiger partial charge < -0.3 is 15.2 Å². The number of pyridine rings is 1. The highest BCUT2D eigenvalue weighted by Crippen LogP contribution is 2.10. The molecule has 0 amide bonds. The average Bonchev–Trinajstić information content (AvgIpc) is 2.67. The molecule has 1 aromatic carbocycles. The first kappa shape index (κ1) is 25.2. The number of unbranched alkanes of at least 4 members (excludes halogenated alkanes) is 1. The van der Waals surface area contributed by atoms with Crippen molar-refractivity contribution in [3.8, 4) is 0 Å². The summed E-state index contributed by atoms with van der Waals surface area (Å²) >= 11 is 0. The molecule has 29 heavy (non-hydrogen) atoms. The second-order valence-electron chi connectivity index (χ2n) is 6.53. The Labute approximate surface area is 189 Å². The smallest absolute Gasteiger partial charge is 0.250 e. The summed E-state index contributed by atoms with van der Waals surface area (Å²) in [5.41, 5.74) is 1.08. The van der Waals surface area contributed by atoms with E-state index in [1.165, 1.54) is 6.26 Å². The lowest BCUT2D eigenvalue weighted by molar-refractivity contribution is 0.585. The van der Waals surface area contributed by atoms with Crippen molar-refractivity contribution < 1.29 is 8.42 Å². The van der Waals surface area contributed by atoms with Crippen LogP contribution in [0.2, 0.25) is 0 Å². The van der Waals surface area contributed by atoms with Crippen molar-refractivity contribution in [3.63, 3.8) is 0 Å². The summed E-state index contributed by atoms with van der Waals surface area (Å²) in [6.45, 7) is 2.17. The Bertz CT molecular complexity index is 941. The molecule has 0 spiro atoms. The van der Waals surface area contributed by atoms with Gasteiger partial charge in [0.25, 0.3) is 0 Å². The van der Waals surface area contributed by atoms with Crippen LogP contribution in [0.4, 0.5) is 0 Å². The minimum Gasteiger partial charge on any atom is -0.356 e. The van der Waals surface area contributed by atoms with Crippen molar-refractivity contribution in [3.05, 3.63) is 64.6 Å². The zero-order valence-electron chi connectivity index (χ0n) is 16.8. The SMILES string of the molecule is CN=C(NCCCCn1ccccc1=O)NCCc1ccc(S(C)(=O)=O)cc1.I.